The molecule has 5 heterocycles. The molecule has 0 unspecified atom stereocenters. The van der Waals surface area contributed by atoms with Crippen molar-refractivity contribution in [1.82, 2.24) is 9.88 Å². The molecule has 6 heteroatoms. The Morgan fingerprint density at radius 2 is 1.78 bits per heavy atom. The number of benzene rings is 2. The largest absolute Gasteiger partial charge is 0.345 e. The van der Waals surface area contributed by atoms with Gasteiger partial charge in [-0.05, 0) is 35.6 Å². The smallest absolute Gasteiger partial charge is 0.259 e. The number of piperidine rings is 1. The first-order valence-electron chi connectivity index (χ1n) is 8.97. The molecule has 3 atom stereocenters. The maximum Gasteiger partial charge on any atom is 0.259 e. The molecule has 2 amide bonds. The van der Waals surface area contributed by atoms with Crippen molar-refractivity contribution < 1.29 is 9.59 Å². The molecule has 1 saturated heterocycles. The summed E-state index contributed by atoms with van der Waals surface area (Å²) < 4.78 is 1.59. The number of hydrogen-bond acceptors (Lipinski definition) is 3. The molecule has 6 nitrogen and oxygen atoms in total. The summed E-state index contributed by atoms with van der Waals surface area (Å²) in [6.45, 7) is 0. The number of amides is 2. The van der Waals surface area contributed by atoms with Crippen molar-refractivity contribution >= 4 is 28.3 Å². The molecule has 0 saturated carbocycles. The van der Waals surface area contributed by atoms with Gasteiger partial charge in [0.05, 0.1) is 6.04 Å². The number of nitrogens with one attached hydrogen (secondary N) is 2. The minimum Gasteiger partial charge on any atom is -0.345 e. The second-order valence-electron chi connectivity index (χ2n) is 7.46. The molecule has 132 valence electrons. The molecule has 0 aliphatic carbocycles. The number of aromatic nitrogens is 1. The lowest BCUT2D eigenvalue weighted by Gasteiger charge is -2.49. The maximum atomic E-state index is 13.1. The van der Waals surface area contributed by atoms with E-state index in [-0.39, 0.29) is 23.8 Å². The van der Waals surface area contributed by atoms with Gasteiger partial charge in [-0.15, -0.1) is 0 Å². The predicted molar refractivity (Wildman–Crippen MR) is 99.5 cm³/mol. The van der Waals surface area contributed by atoms with Crippen LogP contribution in [0, 0.1) is 0 Å². The zero-order chi connectivity index (χ0) is 18.3. The molecular formula is C21H15N3O3. The Balaban J connectivity index is 1.69. The van der Waals surface area contributed by atoms with Gasteiger partial charge in [-0.2, -0.15) is 0 Å². The summed E-state index contributed by atoms with van der Waals surface area (Å²) in [5.74, 6) is -0.321. The minimum atomic E-state index is -0.885. The van der Waals surface area contributed by atoms with Gasteiger partial charge in [0.2, 0.25) is 11.8 Å². The fourth-order valence-corrected chi connectivity index (χ4v) is 5.08. The van der Waals surface area contributed by atoms with Crippen LogP contribution in [0.5, 0.6) is 0 Å². The lowest BCUT2D eigenvalue weighted by molar-refractivity contribution is -0.136. The number of anilines is 1. The molecule has 4 aliphatic rings. The molecule has 2 aromatic carbocycles. The van der Waals surface area contributed by atoms with E-state index in [1.165, 1.54) is 0 Å². The Kier molecular flexibility index (Phi) is 2.54. The molecule has 2 N–H and O–H groups in total. The number of rotatable bonds is 0. The van der Waals surface area contributed by atoms with Crippen molar-refractivity contribution in [3.8, 4) is 0 Å². The van der Waals surface area contributed by atoms with Crippen LogP contribution in [0.15, 0.2) is 59.4 Å². The Hall–Kier alpha value is -3.41. The van der Waals surface area contributed by atoms with Gasteiger partial charge in [-0.1, -0.05) is 36.4 Å². The second-order valence-corrected chi connectivity index (χ2v) is 7.46. The van der Waals surface area contributed by atoms with Crippen LogP contribution in [0.3, 0.4) is 0 Å². The SMILES string of the molecule is O=C1N[C@@H]2c3cc4ccccc4c(=O)n3[C@@H]1C[C@@]21C(=O)Nc2ccccc21. The summed E-state index contributed by atoms with van der Waals surface area (Å²) in [6, 6.07) is 15.6. The van der Waals surface area contributed by atoms with Gasteiger partial charge >= 0.3 is 0 Å². The molecule has 27 heavy (non-hydrogen) atoms. The number of carbonyl (C=O) groups is 2. The van der Waals surface area contributed by atoms with Crippen LogP contribution < -0.4 is 16.2 Å². The normalized spacial score (nSPS) is 27.4. The third-order valence-electron chi connectivity index (χ3n) is 6.26. The average molecular weight is 357 g/mol. The van der Waals surface area contributed by atoms with Gasteiger partial charge in [0.1, 0.15) is 11.5 Å². The lowest BCUT2D eigenvalue weighted by Crippen LogP contribution is -2.62. The standard InChI is InChI=1S/C21H15N3O3/c25-18-16-10-21(13-7-3-4-8-14(13)22-20(21)27)17(23-18)15-9-11-5-1-2-6-12(11)19(26)24(15)16/h1-9,16-17H,10H2,(H,22,27)(H,23,25)/t16-,17-,21+/m1/s1. The monoisotopic (exact) mass is 357 g/mol. The third-order valence-corrected chi connectivity index (χ3v) is 6.26. The maximum absolute atomic E-state index is 13.1. The van der Waals surface area contributed by atoms with Crippen LogP contribution in [-0.2, 0) is 15.0 Å². The van der Waals surface area contributed by atoms with Crippen LogP contribution in [0.4, 0.5) is 5.69 Å². The summed E-state index contributed by atoms with van der Waals surface area (Å²) >= 11 is 0. The molecular weight excluding hydrogens is 342 g/mol. The Labute approximate surface area is 153 Å². The highest BCUT2D eigenvalue weighted by Crippen LogP contribution is 2.55. The first kappa shape index (κ1) is 14.7. The summed E-state index contributed by atoms with van der Waals surface area (Å²) in [5, 5.41) is 7.38. The number of carbonyl (C=O) groups excluding carboxylic acids is 2. The Morgan fingerprint density at radius 3 is 2.67 bits per heavy atom. The lowest BCUT2D eigenvalue weighted by atomic mass is 9.64. The summed E-state index contributed by atoms with van der Waals surface area (Å²) in [5.41, 5.74) is 1.30. The summed E-state index contributed by atoms with van der Waals surface area (Å²) in [6.07, 6.45) is 0.289. The highest BCUT2D eigenvalue weighted by Gasteiger charge is 2.62. The van der Waals surface area contributed by atoms with Crippen LogP contribution in [-0.4, -0.2) is 16.4 Å². The van der Waals surface area contributed by atoms with E-state index in [2.05, 4.69) is 10.6 Å². The first-order chi connectivity index (χ1) is 13.1. The topological polar surface area (TPSA) is 80.2 Å². The fraction of sp³-hybridized carbons (Fsp3) is 0.190. The summed E-state index contributed by atoms with van der Waals surface area (Å²) in [7, 11) is 0. The van der Waals surface area contributed by atoms with E-state index in [0.717, 1.165) is 16.6 Å². The van der Waals surface area contributed by atoms with Gasteiger partial charge in [0, 0.05) is 16.8 Å². The zero-order valence-electron chi connectivity index (χ0n) is 14.2. The molecule has 1 aromatic heterocycles. The quantitative estimate of drug-likeness (QED) is 0.646. The van der Waals surface area contributed by atoms with Crippen molar-refractivity contribution in [2.75, 3.05) is 5.32 Å². The van der Waals surface area contributed by atoms with Crippen molar-refractivity contribution in [1.29, 1.82) is 0 Å². The van der Waals surface area contributed by atoms with E-state index >= 15 is 0 Å². The summed E-state index contributed by atoms with van der Waals surface area (Å²) in [4.78, 5) is 38.9. The van der Waals surface area contributed by atoms with Crippen molar-refractivity contribution in [2.24, 2.45) is 0 Å². The third kappa shape index (κ3) is 1.59. The van der Waals surface area contributed by atoms with Gasteiger partial charge in [-0.3, -0.25) is 19.0 Å². The molecule has 3 aromatic rings. The van der Waals surface area contributed by atoms with Crippen LogP contribution in [0.2, 0.25) is 0 Å². The highest BCUT2D eigenvalue weighted by molar-refractivity contribution is 6.09. The van der Waals surface area contributed by atoms with E-state index in [9.17, 15) is 14.4 Å². The van der Waals surface area contributed by atoms with Crippen molar-refractivity contribution in [2.45, 2.75) is 23.9 Å². The Morgan fingerprint density at radius 1 is 1.00 bits per heavy atom. The molecule has 1 spiro atoms. The molecule has 1 fully saturated rings. The van der Waals surface area contributed by atoms with Gasteiger partial charge in [0.15, 0.2) is 0 Å². The number of para-hydroxylation sites is 1. The van der Waals surface area contributed by atoms with Crippen LogP contribution in [0.1, 0.15) is 29.8 Å². The minimum absolute atomic E-state index is 0.120. The van der Waals surface area contributed by atoms with E-state index in [4.69, 9.17) is 0 Å². The Bertz CT molecular complexity index is 1240. The highest BCUT2D eigenvalue weighted by atomic mass is 16.2. The van der Waals surface area contributed by atoms with Gasteiger partial charge in [0.25, 0.3) is 5.56 Å². The number of pyridine rings is 1. The molecule has 2 bridgehead atoms. The molecule has 0 radical (unpaired) electrons. The molecule has 4 aliphatic heterocycles. The zero-order valence-corrected chi connectivity index (χ0v) is 14.2. The molecule has 7 rings (SSSR count). The van der Waals surface area contributed by atoms with Crippen molar-refractivity contribution in [3.63, 3.8) is 0 Å². The van der Waals surface area contributed by atoms with Crippen molar-refractivity contribution in [3.05, 3.63) is 76.2 Å². The van der Waals surface area contributed by atoms with E-state index in [0.29, 0.717) is 11.1 Å². The second kappa shape index (κ2) is 4.65. The number of fused-ring (bicyclic) bond motifs is 3. The first-order valence-corrected chi connectivity index (χ1v) is 8.97. The number of nitrogens with zero attached hydrogens (tertiary/aromatic N) is 1. The van der Waals surface area contributed by atoms with E-state index in [1.807, 2.05) is 48.5 Å². The fourth-order valence-electron chi connectivity index (χ4n) is 5.08. The van der Waals surface area contributed by atoms with E-state index in [1.54, 1.807) is 10.6 Å². The van der Waals surface area contributed by atoms with Crippen LogP contribution in [0.25, 0.3) is 10.8 Å². The average Bonchev–Trinajstić information content (AvgIpc) is 2.95. The van der Waals surface area contributed by atoms with Gasteiger partial charge in [-0.25, -0.2) is 0 Å². The number of hydrogen-bond donors (Lipinski definition) is 2. The van der Waals surface area contributed by atoms with E-state index < -0.39 is 17.5 Å². The van der Waals surface area contributed by atoms with Crippen LogP contribution >= 0.6 is 0 Å². The predicted octanol–water partition coefficient (Wildman–Crippen LogP) is 2.01. The van der Waals surface area contributed by atoms with Gasteiger partial charge < -0.3 is 10.6 Å².